The van der Waals surface area contributed by atoms with Crippen LogP contribution in [0.5, 0.6) is 0 Å². The van der Waals surface area contributed by atoms with Gasteiger partial charge >= 0.3 is 0 Å². The van der Waals surface area contributed by atoms with Crippen molar-refractivity contribution in [1.29, 1.82) is 0 Å². The predicted octanol–water partition coefficient (Wildman–Crippen LogP) is 2.46. The third kappa shape index (κ3) is 12.6. The van der Waals surface area contributed by atoms with Crippen LogP contribution in [0.4, 0.5) is 0 Å². The summed E-state index contributed by atoms with van der Waals surface area (Å²) in [5.74, 6) is 1.34. The van der Waals surface area contributed by atoms with Crippen LogP contribution in [0.15, 0.2) is 0 Å². The van der Waals surface area contributed by atoms with Gasteiger partial charge in [-0.3, -0.25) is 0 Å². The van der Waals surface area contributed by atoms with Gasteiger partial charge in [-0.25, -0.2) is 0 Å². The molecule has 0 aromatic heterocycles. The Balaban J connectivity index is 0. The van der Waals surface area contributed by atoms with Gasteiger partial charge in [-0.1, -0.05) is 6.92 Å². The number of hydrogen-bond donors (Lipinski definition) is 0. The molecule has 0 aromatic rings. The fourth-order valence-corrected chi connectivity index (χ4v) is 0.919. The van der Waals surface area contributed by atoms with Crippen LogP contribution in [0, 0.1) is 76.5 Å². The molecule has 0 saturated heterocycles. The molecule has 0 atom stereocenters. The Morgan fingerprint density at radius 2 is 0.867 bits per heavy atom. The van der Waals surface area contributed by atoms with E-state index in [9.17, 15) is 0 Å². The predicted molar refractivity (Wildman–Crippen MR) is 62.0 cm³/mol. The van der Waals surface area contributed by atoms with E-state index in [-0.39, 0.29) is 73.8 Å². The Kier molecular flexibility index (Phi) is 19.0. The van der Waals surface area contributed by atoms with Gasteiger partial charge in [0, 0.05) is 73.8 Å². The van der Waals surface area contributed by atoms with E-state index >= 15 is 0 Å². The molecule has 2 aliphatic rings. The standard InChI is InChI=1S/C7H7.C6H7.K.Nb/c1-2-4-6-7-5-3-1;1-6-4-2-3-5-6;;/h1-7H;2-5H,1H3;;. The maximum Gasteiger partial charge on any atom is 0 e. The van der Waals surface area contributed by atoms with Gasteiger partial charge < -0.3 is 0 Å². The fraction of sp³-hybridized carbons (Fsp3) is 0.0769. The molecular formula is C13H14KNb. The van der Waals surface area contributed by atoms with Crippen molar-refractivity contribution in [2.75, 3.05) is 0 Å². The zero-order chi connectivity index (χ0) is 9.36. The van der Waals surface area contributed by atoms with Crippen molar-refractivity contribution in [2.45, 2.75) is 6.92 Å². The SMILES string of the molecule is C[C]1[CH][CH][CH][CH]1.[CH]1[CH][CH][CH][CH][CH][CH]1.[K].[Nb]. The minimum atomic E-state index is 0. The summed E-state index contributed by atoms with van der Waals surface area (Å²) in [6.45, 7) is 2.08. The molecule has 0 N–H and O–H groups in total. The molecule has 15 heavy (non-hydrogen) atoms. The van der Waals surface area contributed by atoms with Crippen LogP contribution in [0.3, 0.4) is 0 Å². The van der Waals surface area contributed by atoms with Crippen LogP contribution < -0.4 is 0 Å². The molecule has 2 rings (SSSR count). The topological polar surface area (TPSA) is 0 Å². The molecule has 72 valence electrons. The molecule has 0 unspecified atom stereocenters. The van der Waals surface area contributed by atoms with Gasteiger partial charge in [0.05, 0.1) is 0 Å². The minimum Gasteiger partial charge on any atom is -0.0585 e. The van der Waals surface area contributed by atoms with Crippen molar-refractivity contribution in [3.05, 3.63) is 76.5 Å². The second kappa shape index (κ2) is 14.4. The number of hydrogen-bond acceptors (Lipinski definition) is 0. The summed E-state index contributed by atoms with van der Waals surface area (Å²) in [4.78, 5) is 0. The normalized spacial score (nSPS) is 21.4. The van der Waals surface area contributed by atoms with Crippen molar-refractivity contribution in [1.82, 2.24) is 0 Å². The third-order valence-corrected chi connectivity index (χ3v) is 1.61. The first kappa shape index (κ1) is 19.7. The van der Waals surface area contributed by atoms with Crippen molar-refractivity contribution in [3.8, 4) is 0 Å². The van der Waals surface area contributed by atoms with Gasteiger partial charge in [0.2, 0.25) is 0 Å². The van der Waals surface area contributed by atoms with Gasteiger partial charge in [0.1, 0.15) is 0 Å². The Morgan fingerprint density at radius 1 is 0.600 bits per heavy atom. The van der Waals surface area contributed by atoms with Crippen LogP contribution in [0.2, 0.25) is 0 Å². The third-order valence-electron chi connectivity index (χ3n) is 1.61. The molecule has 2 aliphatic carbocycles. The summed E-state index contributed by atoms with van der Waals surface area (Å²) in [6, 6.07) is 0. The summed E-state index contributed by atoms with van der Waals surface area (Å²) in [7, 11) is 0. The van der Waals surface area contributed by atoms with E-state index in [2.05, 4.69) is 19.8 Å². The van der Waals surface area contributed by atoms with E-state index in [1.807, 2.05) is 57.8 Å². The molecule has 2 saturated carbocycles. The van der Waals surface area contributed by atoms with E-state index in [4.69, 9.17) is 0 Å². The van der Waals surface area contributed by atoms with Crippen LogP contribution >= 0.6 is 0 Å². The second-order valence-electron chi connectivity index (χ2n) is 2.81. The van der Waals surface area contributed by atoms with E-state index in [1.165, 1.54) is 5.92 Å². The summed E-state index contributed by atoms with van der Waals surface area (Å²) < 4.78 is 0. The largest absolute Gasteiger partial charge is 0.0585 e. The molecule has 14 radical (unpaired) electrons. The Morgan fingerprint density at radius 3 is 1.00 bits per heavy atom. The first-order valence-corrected chi connectivity index (χ1v) is 4.41. The Labute approximate surface area is 155 Å². The molecule has 2 heteroatoms. The van der Waals surface area contributed by atoms with E-state index in [1.54, 1.807) is 0 Å². The number of rotatable bonds is 0. The van der Waals surface area contributed by atoms with Gasteiger partial charge in [-0.05, 0) is 76.5 Å². The summed E-state index contributed by atoms with van der Waals surface area (Å²) in [6.07, 6.45) is 22.2. The molecule has 0 spiro atoms. The molecule has 0 heterocycles. The minimum absolute atomic E-state index is 0. The van der Waals surface area contributed by atoms with Crippen LogP contribution in [0.1, 0.15) is 6.92 Å². The van der Waals surface area contributed by atoms with Crippen molar-refractivity contribution < 1.29 is 22.4 Å². The van der Waals surface area contributed by atoms with E-state index in [0.29, 0.717) is 0 Å². The molecule has 0 bridgehead atoms. The monoisotopic (exact) mass is 302 g/mol. The van der Waals surface area contributed by atoms with E-state index < -0.39 is 0 Å². The molecule has 0 nitrogen and oxygen atoms in total. The van der Waals surface area contributed by atoms with Crippen molar-refractivity contribution in [2.24, 2.45) is 0 Å². The Bertz CT molecular complexity index is 91.5. The van der Waals surface area contributed by atoms with Crippen LogP contribution in [-0.2, 0) is 22.4 Å². The zero-order valence-electron chi connectivity index (χ0n) is 9.30. The molecule has 0 aromatic carbocycles. The van der Waals surface area contributed by atoms with E-state index in [0.717, 1.165) is 0 Å². The average Bonchev–Trinajstić information content (AvgIpc) is 2.48. The maximum absolute atomic E-state index is 2.08. The molecular weight excluding hydrogens is 288 g/mol. The summed E-state index contributed by atoms with van der Waals surface area (Å²) >= 11 is 0. The summed E-state index contributed by atoms with van der Waals surface area (Å²) in [5, 5.41) is 0. The first-order valence-electron chi connectivity index (χ1n) is 4.41. The van der Waals surface area contributed by atoms with Gasteiger partial charge in [0.25, 0.3) is 0 Å². The summed E-state index contributed by atoms with van der Waals surface area (Å²) in [5.41, 5.74) is 0. The quantitative estimate of drug-likeness (QED) is 0.476. The van der Waals surface area contributed by atoms with Gasteiger partial charge in [0.15, 0.2) is 0 Å². The maximum atomic E-state index is 2.08. The second-order valence-corrected chi connectivity index (χ2v) is 2.81. The molecule has 0 amide bonds. The Hall–Kier alpha value is 2.38. The van der Waals surface area contributed by atoms with Crippen LogP contribution in [-0.4, -0.2) is 51.4 Å². The molecule has 0 aliphatic heterocycles. The average molecular weight is 302 g/mol. The van der Waals surface area contributed by atoms with Gasteiger partial charge in [-0.15, -0.1) is 0 Å². The zero-order valence-corrected chi connectivity index (χ0v) is 14.6. The first-order chi connectivity index (χ1) is 6.39. The van der Waals surface area contributed by atoms with Crippen LogP contribution in [0.25, 0.3) is 0 Å². The van der Waals surface area contributed by atoms with Crippen molar-refractivity contribution >= 4 is 51.4 Å². The smallest absolute Gasteiger partial charge is 0 e. The fourth-order valence-electron chi connectivity index (χ4n) is 0.919. The van der Waals surface area contributed by atoms with Crippen molar-refractivity contribution in [3.63, 3.8) is 0 Å². The van der Waals surface area contributed by atoms with Gasteiger partial charge in [-0.2, -0.15) is 0 Å². The molecule has 2 fully saturated rings.